The number of hydrogen-bond acceptors (Lipinski definition) is 2. The van der Waals surface area contributed by atoms with Gasteiger partial charge in [-0.3, -0.25) is 4.79 Å². The molecular weight excluding hydrogens is 207 g/mol. The van der Waals surface area contributed by atoms with Crippen LogP contribution in [0.25, 0.3) is 0 Å². The van der Waals surface area contributed by atoms with Crippen molar-refractivity contribution in [1.82, 2.24) is 5.32 Å². The summed E-state index contributed by atoms with van der Waals surface area (Å²) >= 11 is 0. The van der Waals surface area contributed by atoms with E-state index in [9.17, 15) is 9.18 Å². The fraction of sp³-hybridized carbons (Fsp3) is 0.333. The third-order valence-corrected chi connectivity index (χ3v) is 2.58. The van der Waals surface area contributed by atoms with Crippen molar-refractivity contribution in [3.63, 3.8) is 0 Å². The Balaban J connectivity index is 2.13. The average Bonchev–Trinajstić information content (AvgIpc) is 3.10. The van der Waals surface area contributed by atoms with Crippen molar-refractivity contribution in [3.8, 4) is 6.07 Å². The van der Waals surface area contributed by atoms with Gasteiger partial charge in [-0.05, 0) is 18.9 Å². The first-order chi connectivity index (χ1) is 7.72. The largest absolute Gasteiger partial charge is 0.336 e. The Bertz CT molecular complexity index is 449. The van der Waals surface area contributed by atoms with E-state index < -0.39 is 11.9 Å². The molecule has 0 radical (unpaired) electrons. The quantitative estimate of drug-likeness (QED) is 0.842. The lowest BCUT2D eigenvalue weighted by molar-refractivity contribution is -0.122. The molecule has 3 nitrogen and oxygen atoms in total. The van der Waals surface area contributed by atoms with Gasteiger partial charge in [-0.25, -0.2) is 4.39 Å². The highest BCUT2D eigenvalue weighted by Crippen LogP contribution is 2.30. The molecule has 1 N–H and O–H groups in total. The Morgan fingerprint density at radius 1 is 1.50 bits per heavy atom. The number of carbonyl (C=O) groups is 1. The van der Waals surface area contributed by atoms with Crippen LogP contribution in [0.3, 0.4) is 0 Å². The lowest BCUT2D eigenvalue weighted by Gasteiger charge is -2.12. The van der Waals surface area contributed by atoms with Crippen LogP contribution in [0.1, 0.15) is 24.4 Å². The van der Waals surface area contributed by atoms with Gasteiger partial charge in [-0.15, -0.1) is 0 Å². The minimum Gasteiger partial charge on any atom is -0.336 e. The molecule has 1 amide bonds. The van der Waals surface area contributed by atoms with Gasteiger partial charge >= 0.3 is 0 Å². The zero-order valence-corrected chi connectivity index (χ0v) is 8.61. The molecule has 1 aromatic rings. The van der Waals surface area contributed by atoms with Gasteiger partial charge < -0.3 is 5.32 Å². The molecule has 1 aliphatic carbocycles. The number of benzene rings is 1. The molecule has 0 bridgehead atoms. The van der Waals surface area contributed by atoms with Crippen LogP contribution in [0, 0.1) is 23.1 Å². The highest BCUT2D eigenvalue weighted by atomic mass is 19.1. The summed E-state index contributed by atoms with van der Waals surface area (Å²) in [5.41, 5.74) is 0.221. The van der Waals surface area contributed by atoms with Crippen LogP contribution in [-0.4, -0.2) is 5.91 Å². The summed E-state index contributed by atoms with van der Waals surface area (Å²) < 4.78 is 13.4. The molecule has 1 fully saturated rings. The Morgan fingerprint density at radius 2 is 2.19 bits per heavy atom. The summed E-state index contributed by atoms with van der Waals surface area (Å²) in [7, 11) is 0. The van der Waals surface area contributed by atoms with Gasteiger partial charge in [0.25, 0.3) is 0 Å². The summed E-state index contributed by atoms with van der Waals surface area (Å²) in [4.78, 5) is 11.5. The average molecular weight is 218 g/mol. The number of halogens is 1. The molecule has 0 aromatic heterocycles. The number of nitriles is 1. The highest BCUT2D eigenvalue weighted by molar-refractivity contribution is 5.81. The summed E-state index contributed by atoms with van der Waals surface area (Å²) in [6.07, 6.45) is 1.72. The van der Waals surface area contributed by atoms with Gasteiger partial charge in [0, 0.05) is 11.5 Å². The van der Waals surface area contributed by atoms with Crippen LogP contribution in [-0.2, 0) is 4.79 Å². The van der Waals surface area contributed by atoms with E-state index in [1.807, 2.05) is 6.07 Å². The van der Waals surface area contributed by atoms with Crippen LogP contribution in [0.15, 0.2) is 24.3 Å². The Labute approximate surface area is 92.9 Å². The molecule has 82 valence electrons. The minimum absolute atomic E-state index is 0.0163. The molecule has 0 spiro atoms. The van der Waals surface area contributed by atoms with Crippen molar-refractivity contribution >= 4 is 5.91 Å². The number of carbonyl (C=O) groups excluding carboxylic acids is 1. The number of hydrogen-bond donors (Lipinski definition) is 1. The fourth-order valence-corrected chi connectivity index (χ4v) is 1.49. The molecular formula is C12H11FN2O. The monoisotopic (exact) mass is 218 g/mol. The lowest BCUT2D eigenvalue weighted by Crippen LogP contribution is -2.29. The van der Waals surface area contributed by atoms with Crippen LogP contribution in [0.4, 0.5) is 4.39 Å². The molecule has 1 saturated carbocycles. The van der Waals surface area contributed by atoms with E-state index >= 15 is 0 Å². The Morgan fingerprint density at radius 3 is 2.75 bits per heavy atom. The molecule has 2 rings (SSSR count). The number of nitrogens with zero attached hydrogens (tertiary/aromatic N) is 1. The minimum atomic E-state index is -0.894. The van der Waals surface area contributed by atoms with Crippen molar-refractivity contribution in [2.75, 3.05) is 0 Å². The lowest BCUT2D eigenvalue weighted by atomic mass is 10.1. The first-order valence-electron chi connectivity index (χ1n) is 5.17. The van der Waals surface area contributed by atoms with E-state index in [0.717, 1.165) is 12.8 Å². The van der Waals surface area contributed by atoms with Crippen LogP contribution in [0.5, 0.6) is 0 Å². The molecule has 16 heavy (non-hydrogen) atoms. The number of amides is 1. The van der Waals surface area contributed by atoms with Gasteiger partial charge in [0.05, 0.1) is 6.07 Å². The van der Waals surface area contributed by atoms with Gasteiger partial charge in [0.15, 0.2) is 0 Å². The summed E-state index contributed by atoms with van der Waals surface area (Å²) in [6, 6.07) is 6.99. The second-order valence-corrected chi connectivity index (χ2v) is 3.87. The third kappa shape index (κ3) is 2.19. The van der Waals surface area contributed by atoms with Crippen LogP contribution >= 0.6 is 0 Å². The molecule has 1 aromatic carbocycles. The van der Waals surface area contributed by atoms with Crippen molar-refractivity contribution in [1.29, 1.82) is 5.26 Å². The van der Waals surface area contributed by atoms with Crippen LogP contribution in [0.2, 0.25) is 0 Å². The molecule has 0 heterocycles. The maximum atomic E-state index is 13.4. The first-order valence-corrected chi connectivity index (χ1v) is 5.17. The second-order valence-electron chi connectivity index (χ2n) is 3.87. The predicted octanol–water partition coefficient (Wildman–Crippen LogP) is 1.92. The maximum Gasteiger partial charge on any atom is 0.224 e. The van der Waals surface area contributed by atoms with Crippen molar-refractivity contribution in [3.05, 3.63) is 35.6 Å². The normalized spacial score (nSPS) is 16.2. The third-order valence-electron chi connectivity index (χ3n) is 2.58. The molecule has 0 aliphatic heterocycles. The summed E-state index contributed by atoms with van der Waals surface area (Å²) in [5, 5.41) is 11.5. The van der Waals surface area contributed by atoms with E-state index in [4.69, 9.17) is 5.26 Å². The molecule has 1 aliphatic rings. The first kappa shape index (κ1) is 10.6. The maximum absolute atomic E-state index is 13.4. The highest BCUT2D eigenvalue weighted by Gasteiger charge is 2.31. The van der Waals surface area contributed by atoms with E-state index in [1.54, 1.807) is 12.1 Å². The molecule has 1 unspecified atom stereocenters. The van der Waals surface area contributed by atoms with Gasteiger partial charge in [0.1, 0.15) is 11.9 Å². The summed E-state index contributed by atoms with van der Waals surface area (Å²) in [6.45, 7) is 0. The Hall–Kier alpha value is -1.89. The zero-order valence-electron chi connectivity index (χ0n) is 8.61. The van der Waals surface area contributed by atoms with Gasteiger partial charge in [0.2, 0.25) is 5.91 Å². The Kier molecular flexibility index (Phi) is 2.86. The van der Waals surface area contributed by atoms with E-state index in [1.165, 1.54) is 12.1 Å². The predicted molar refractivity (Wildman–Crippen MR) is 55.6 cm³/mol. The molecule has 0 saturated heterocycles. The second kappa shape index (κ2) is 4.31. The van der Waals surface area contributed by atoms with Crippen molar-refractivity contribution in [2.45, 2.75) is 18.9 Å². The zero-order chi connectivity index (χ0) is 11.5. The topological polar surface area (TPSA) is 52.9 Å². The summed E-state index contributed by atoms with van der Waals surface area (Å²) in [5.74, 6) is -0.609. The van der Waals surface area contributed by atoms with Crippen molar-refractivity contribution in [2.24, 2.45) is 5.92 Å². The molecule has 1 atom stereocenters. The van der Waals surface area contributed by atoms with Gasteiger partial charge in [-0.2, -0.15) is 5.26 Å². The van der Waals surface area contributed by atoms with E-state index in [-0.39, 0.29) is 17.4 Å². The number of nitrogens with one attached hydrogen (secondary N) is 1. The SMILES string of the molecule is N#CC(NC(=O)C1CC1)c1ccccc1F. The number of rotatable bonds is 3. The molecule has 4 heteroatoms. The van der Waals surface area contributed by atoms with E-state index in [0.29, 0.717) is 0 Å². The standard InChI is InChI=1S/C12H11FN2O/c13-10-4-2-1-3-9(10)11(7-14)15-12(16)8-5-6-8/h1-4,8,11H,5-6H2,(H,15,16). The van der Waals surface area contributed by atoms with E-state index in [2.05, 4.69) is 5.32 Å². The van der Waals surface area contributed by atoms with Crippen LogP contribution < -0.4 is 5.32 Å². The fourth-order valence-electron chi connectivity index (χ4n) is 1.49. The van der Waals surface area contributed by atoms with Crippen molar-refractivity contribution < 1.29 is 9.18 Å². The van der Waals surface area contributed by atoms with Gasteiger partial charge in [-0.1, -0.05) is 18.2 Å². The smallest absolute Gasteiger partial charge is 0.224 e.